The normalized spacial score (nSPS) is 13.6. The Labute approximate surface area is 231 Å². The van der Waals surface area contributed by atoms with Gasteiger partial charge < -0.3 is 19.7 Å². The summed E-state index contributed by atoms with van der Waals surface area (Å²) in [6.07, 6.45) is 1.38. The molecule has 39 heavy (non-hydrogen) atoms. The molecule has 1 saturated heterocycles. The number of H-pyrrole nitrogens is 1. The van der Waals surface area contributed by atoms with Crippen LogP contribution < -0.4 is 14.8 Å². The molecular formula is C30H29ClN4O4. The number of piperidine rings is 1. The maximum Gasteiger partial charge on any atom is 0.269 e. The van der Waals surface area contributed by atoms with Gasteiger partial charge in [0.1, 0.15) is 29.9 Å². The standard InChI is InChI=1S/C30H29ClN4O4/c31-24-11-5-7-13-28(24)39-22-14-16-35(17-15-22)29(36)19-32-30(37)26-18-25(33-34-26)23-10-4-6-12-27(23)38-20-21-8-2-1-3-9-21/h1-13,18,22H,14-17,19-20H2,(H,32,37)(H,33,34). The highest BCUT2D eigenvalue weighted by Gasteiger charge is 2.25. The maximum absolute atomic E-state index is 12.7. The summed E-state index contributed by atoms with van der Waals surface area (Å²) in [5.41, 5.74) is 2.66. The van der Waals surface area contributed by atoms with E-state index in [4.69, 9.17) is 21.1 Å². The maximum atomic E-state index is 12.7. The summed E-state index contributed by atoms with van der Waals surface area (Å²) in [7, 11) is 0. The van der Waals surface area contributed by atoms with Gasteiger partial charge in [-0.2, -0.15) is 5.10 Å². The summed E-state index contributed by atoms with van der Waals surface area (Å²) in [4.78, 5) is 27.2. The van der Waals surface area contributed by atoms with Crippen molar-refractivity contribution in [2.24, 2.45) is 0 Å². The van der Waals surface area contributed by atoms with Crippen molar-refractivity contribution in [1.29, 1.82) is 0 Å². The first-order chi connectivity index (χ1) is 19.1. The SMILES string of the molecule is O=C(NCC(=O)N1CCC(Oc2ccccc2Cl)CC1)c1cc(-c2ccccc2OCc2ccccc2)n[nH]1. The Morgan fingerprint density at radius 1 is 0.949 bits per heavy atom. The van der Waals surface area contributed by atoms with Gasteiger partial charge in [0.2, 0.25) is 5.91 Å². The third kappa shape index (κ3) is 6.78. The number of para-hydroxylation sites is 2. The van der Waals surface area contributed by atoms with Crippen molar-refractivity contribution in [2.75, 3.05) is 19.6 Å². The quantitative estimate of drug-likeness (QED) is 0.305. The number of ether oxygens (including phenoxy) is 2. The molecule has 3 aromatic carbocycles. The van der Waals surface area contributed by atoms with Crippen LogP contribution in [-0.4, -0.2) is 52.6 Å². The minimum atomic E-state index is -0.401. The summed E-state index contributed by atoms with van der Waals surface area (Å²) in [6, 6.07) is 26.4. The molecule has 2 heterocycles. The summed E-state index contributed by atoms with van der Waals surface area (Å²) < 4.78 is 12.0. The second-order valence-corrected chi connectivity index (χ2v) is 9.66. The lowest BCUT2D eigenvalue weighted by molar-refractivity contribution is -0.131. The topological polar surface area (TPSA) is 96.6 Å². The van der Waals surface area contributed by atoms with Gasteiger partial charge in [0.15, 0.2) is 0 Å². The molecule has 0 atom stereocenters. The van der Waals surface area contributed by atoms with Crippen molar-refractivity contribution in [3.8, 4) is 22.8 Å². The molecule has 4 aromatic rings. The van der Waals surface area contributed by atoms with Crippen LogP contribution in [-0.2, 0) is 11.4 Å². The molecule has 200 valence electrons. The average Bonchev–Trinajstić information content (AvgIpc) is 3.47. The van der Waals surface area contributed by atoms with E-state index in [9.17, 15) is 9.59 Å². The van der Waals surface area contributed by atoms with Crippen molar-refractivity contribution >= 4 is 23.4 Å². The van der Waals surface area contributed by atoms with E-state index >= 15 is 0 Å². The molecule has 2 N–H and O–H groups in total. The van der Waals surface area contributed by atoms with Crippen LogP contribution in [0.5, 0.6) is 11.5 Å². The molecule has 5 rings (SSSR count). The molecule has 9 heteroatoms. The molecule has 0 saturated carbocycles. The Morgan fingerprint density at radius 3 is 2.41 bits per heavy atom. The number of nitrogens with one attached hydrogen (secondary N) is 2. The smallest absolute Gasteiger partial charge is 0.269 e. The van der Waals surface area contributed by atoms with E-state index in [-0.39, 0.29) is 24.2 Å². The molecule has 0 radical (unpaired) electrons. The summed E-state index contributed by atoms with van der Waals surface area (Å²) >= 11 is 6.18. The van der Waals surface area contributed by atoms with Crippen LogP contribution in [0.3, 0.4) is 0 Å². The third-order valence-corrected chi connectivity index (χ3v) is 6.86. The second-order valence-electron chi connectivity index (χ2n) is 9.25. The lowest BCUT2D eigenvalue weighted by Gasteiger charge is -2.32. The van der Waals surface area contributed by atoms with E-state index in [1.807, 2.05) is 72.8 Å². The van der Waals surface area contributed by atoms with Crippen LogP contribution >= 0.6 is 11.6 Å². The number of benzene rings is 3. The number of carbonyl (C=O) groups is 2. The van der Waals surface area contributed by atoms with Crippen molar-refractivity contribution in [1.82, 2.24) is 20.4 Å². The highest BCUT2D eigenvalue weighted by atomic mass is 35.5. The van der Waals surface area contributed by atoms with E-state index in [1.54, 1.807) is 17.0 Å². The van der Waals surface area contributed by atoms with E-state index in [1.165, 1.54) is 0 Å². The average molecular weight is 545 g/mol. The van der Waals surface area contributed by atoms with Crippen molar-refractivity contribution in [3.63, 3.8) is 0 Å². The van der Waals surface area contributed by atoms with Crippen LogP contribution in [0.1, 0.15) is 28.9 Å². The van der Waals surface area contributed by atoms with Crippen LogP contribution in [0, 0.1) is 0 Å². The van der Waals surface area contributed by atoms with Crippen molar-refractivity contribution in [3.05, 3.63) is 101 Å². The molecule has 2 amide bonds. The fraction of sp³-hybridized carbons (Fsp3) is 0.233. The van der Waals surface area contributed by atoms with Crippen LogP contribution in [0.15, 0.2) is 84.9 Å². The number of rotatable bonds is 9. The minimum Gasteiger partial charge on any atom is -0.489 e. The molecule has 1 aliphatic heterocycles. The van der Waals surface area contributed by atoms with E-state index in [0.29, 0.717) is 54.8 Å². The van der Waals surface area contributed by atoms with E-state index in [0.717, 1.165) is 11.1 Å². The van der Waals surface area contributed by atoms with E-state index < -0.39 is 5.91 Å². The van der Waals surface area contributed by atoms with Crippen molar-refractivity contribution < 1.29 is 19.1 Å². The monoisotopic (exact) mass is 544 g/mol. The molecule has 0 aliphatic carbocycles. The molecule has 0 bridgehead atoms. The van der Waals surface area contributed by atoms with Gasteiger partial charge in [-0.1, -0.05) is 66.2 Å². The number of hydrogen-bond donors (Lipinski definition) is 2. The number of amides is 2. The highest BCUT2D eigenvalue weighted by molar-refractivity contribution is 6.32. The van der Waals surface area contributed by atoms with Gasteiger partial charge in [-0.3, -0.25) is 14.7 Å². The highest BCUT2D eigenvalue weighted by Crippen LogP contribution is 2.30. The predicted molar refractivity (Wildman–Crippen MR) is 149 cm³/mol. The van der Waals surface area contributed by atoms with Crippen LogP contribution in [0.25, 0.3) is 11.3 Å². The zero-order valence-corrected chi connectivity index (χ0v) is 22.1. The Balaban J connectivity index is 1.12. The van der Waals surface area contributed by atoms with Gasteiger partial charge >= 0.3 is 0 Å². The molecule has 1 fully saturated rings. The van der Waals surface area contributed by atoms with Gasteiger partial charge in [-0.25, -0.2) is 0 Å². The van der Waals surface area contributed by atoms with Gasteiger partial charge in [-0.15, -0.1) is 0 Å². The number of nitrogens with zero attached hydrogens (tertiary/aromatic N) is 2. The second kappa shape index (κ2) is 12.5. The number of aromatic amines is 1. The first-order valence-electron chi connectivity index (χ1n) is 12.9. The zero-order chi connectivity index (χ0) is 27.0. The number of halogens is 1. The number of carbonyl (C=O) groups excluding carboxylic acids is 2. The van der Waals surface area contributed by atoms with E-state index in [2.05, 4.69) is 15.5 Å². The first kappa shape index (κ1) is 26.3. The fourth-order valence-corrected chi connectivity index (χ4v) is 4.60. The number of aromatic nitrogens is 2. The molecular weight excluding hydrogens is 516 g/mol. The third-order valence-electron chi connectivity index (χ3n) is 6.55. The zero-order valence-electron chi connectivity index (χ0n) is 21.3. The number of hydrogen-bond acceptors (Lipinski definition) is 5. The Morgan fingerprint density at radius 2 is 1.64 bits per heavy atom. The number of likely N-dealkylation sites (tertiary alicyclic amines) is 1. The molecule has 8 nitrogen and oxygen atoms in total. The minimum absolute atomic E-state index is 0.00787. The van der Waals surface area contributed by atoms with Gasteiger partial charge in [0, 0.05) is 31.5 Å². The largest absolute Gasteiger partial charge is 0.489 e. The van der Waals surface area contributed by atoms with Crippen LogP contribution in [0.2, 0.25) is 5.02 Å². The Bertz CT molecular complexity index is 1420. The molecule has 1 aromatic heterocycles. The Hall–Kier alpha value is -4.30. The lowest BCUT2D eigenvalue weighted by Crippen LogP contribution is -2.46. The fourth-order valence-electron chi connectivity index (χ4n) is 4.42. The van der Waals surface area contributed by atoms with Crippen LogP contribution in [0.4, 0.5) is 0 Å². The lowest BCUT2D eigenvalue weighted by atomic mass is 10.1. The molecule has 0 spiro atoms. The molecule has 0 unspecified atom stereocenters. The van der Waals surface area contributed by atoms with Crippen molar-refractivity contribution in [2.45, 2.75) is 25.6 Å². The summed E-state index contributed by atoms with van der Waals surface area (Å²) in [5, 5.41) is 10.3. The van der Waals surface area contributed by atoms with Gasteiger partial charge in [0.25, 0.3) is 5.91 Å². The molecule has 1 aliphatic rings. The predicted octanol–water partition coefficient (Wildman–Crippen LogP) is 5.11. The van der Waals surface area contributed by atoms with Gasteiger partial charge in [0.05, 0.1) is 17.3 Å². The first-order valence-corrected chi connectivity index (χ1v) is 13.2. The summed E-state index contributed by atoms with van der Waals surface area (Å²) in [5.74, 6) is 0.776. The van der Waals surface area contributed by atoms with Gasteiger partial charge in [-0.05, 0) is 35.9 Å². The Kier molecular flexibility index (Phi) is 8.43. The summed E-state index contributed by atoms with van der Waals surface area (Å²) in [6.45, 7) is 1.43.